The summed E-state index contributed by atoms with van der Waals surface area (Å²) in [7, 11) is 0. The van der Waals surface area contributed by atoms with Gasteiger partial charge in [0.2, 0.25) is 0 Å². The standard InChI is InChI=1S/C24H26N2O5S3/c1-4-5-20-17(8-11-19(14(2)27)21(20)28)13-33-24-26-25-23(34-24)32-12-16-6-9-18(10-7-16)31-15(3)22(29)30/h6-11,15,28H,4-5,12-13H2,1-3H3,(H,29,30). The monoisotopic (exact) mass is 518 g/mol. The molecule has 2 aromatic carbocycles. The highest BCUT2D eigenvalue weighted by Gasteiger charge is 2.16. The molecule has 180 valence electrons. The second kappa shape index (κ2) is 12.2. The fourth-order valence-electron chi connectivity index (χ4n) is 3.14. The molecule has 0 aliphatic carbocycles. The predicted molar refractivity (Wildman–Crippen MR) is 135 cm³/mol. The van der Waals surface area contributed by atoms with Crippen LogP contribution in [0.1, 0.15) is 54.2 Å². The number of carbonyl (C=O) groups excluding carboxylic acids is 1. The molecule has 3 rings (SSSR count). The summed E-state index contributed by atoms with van der Waals surface area (Å²) in [6.45, 7) is 5.00. The molecule has 0 radical (unpaired) electrons. The molecule has 34 heavy (non-hydrogen) atoms. The number of nitrogens with zero attached hydrogens (tertiary/aromatic N) is 2. The molecule has 7 nitrogen and oxygen atoms in total. The fraction of sp³-hybridized carbons (Fsp3) is 0.333. The molecule has 10 heteroatoms. The van der Waals surface area contributed by atoms with Crippen molar-refractivity contribution in [2.45, 2.75) is 59.9 Å². The number of rotatable bonds is 12. The number of phenols is 1. The van der Waals surface area contributed by atoms with Gasteiger partial charge in [0, 0.05) is 11.5 Å². The van der Waals surface area contributed by atoms with Gasteiger partial charge >= 0.3 is 5.97 Å². The van der Waals surface area contributed by atoms with Gasteiger partial charge in [0.25, 0.3) is 0 Å². The lowest BCUT2D eigenvalue weighted by Crippen LogP contribution is -2.22. The number of aromatic hydroxyl groups is 1. The lowest BCUT2D eigenvalue weighted by Gasteiger charge is -2.12. The Balaban J connectivity index is 1.57. The summed E-state index contributed by atoms with van der Waals surface area (Å²) in [5.41, 5.74) is 3.25. The molecular weight excluding hydrogens is 492 g/mol. The Morgan fingerprint density at radius 2 is 1.71 bits per heavy atom. The molecule has 3 aromatic rings. The topological polar surface area (TPSA) is 110 Å². The Hall–Kier alpha value is -2.56. The Morgan fingerprint density at radius 1 is 1.06 bits per heavy atom. The average molecular weight is 519 g/mol. The second-order valence-electron chi connectivity index (χ2n) is 7.56. The number of thioether (sulfide) groups is 2. The Kier molecular flexibility index (Phi) is 9.37. The molecule has 1 unspecified atom stereocenters. The molecular formula is C24H26N2O5S3. The fourth-order valence-corrected chi connectivity index (χ4v) is 6.14. The molecule has 0 amide bonds. The molecule has 0 saturated carbocycles. The highest BCUT2D eigenvalue weighted by molar-refractivity contribution is 8.02. The molecule has 0 fully saturated rings. The van der Waals surface area contributed by atoms with Gasteiger partial charge in [-0.25, -0.2) is 4.79 Å². The van der Waals surface area contributed by atoms with Crippen LogP contribution >= 0.6 is 34.9 Å². The zero-order valence-corrected chi connectivity index (χ0v) is 21.6. The summed E-state index contributed by atoms with van der Waals surface area (Å²) >= 11 is 4.65. The summed E-state index contributed by atoms with van der Waals surface area (Å²) in [4.78, 5) is 22.6. The molecule has 0 saturated heterocycles. The number of ketones is 1. The van der Waals surface area contributed by atoms with E-state index in [0.717, 1.165) is 31.8 Å². The van der Waals surface area contributed by atoms with Crippen LogP contribution in [0.25, 0.3) is 0 Å². The minimum atomic E-state index is -1.00. The molecule has 0 aliphatic rings. The lowest BCUT2D eigenvalue weighted by atomic mass is 9.98. The number of carboxylic acid groups (broad SMARTS) is 1. The maximum atomic E-state index is 11.8. The van der Waals surface area contributed by atoms with E-state index in [-0.39, 0.29) is 11.5 Å². The summed E-state index contributed by atoms with van der Waals surface area (Å²) in [6.07, 6.45) is 0.684. The van der Waals surface area contributed by atoms with Crippen LogP contribution < -0.4 is 4.74 Å². The lowest BCUT2D eigenvalue weighted by molar-refractivity contribution is -0.144. The number of phenolic OH excluding ortho intramolecular Hbond substituents is 1. The number of aromatic nitrogens is 2. The van der Waals surface area contributed by atoms with Crippen molar-refractivity contribution in [3.05, 3.63) is 58.7 Å². The van der Waals surface area contributed by atoms with E-state index in [1.807, 2.05) is 25.1 Å². The van der Waals surface area contributed by atoms with Crippen molar-refractivity contribution in [3.8, 4) is 11.5 Å². The van der Waals surface area contributed by atoms with Gasteiger partial charge in [-0.15, -0.1) is 10.2 Å². The number of hydrogen-bond donors (Lipinski definition) is 2. The first-order valence-corrected chi connectivity index (χ1v) is 13.5. The number of ether oxygens (including phenoxy) is 1. The Bertz CT molecular complexity index is 1150. The number of carboxylic acids is 1. The predicted octanol–water partition coefficient (Wildman–Crippen LogP) is 5.84. The van der Waals surface area contributed by atoms with Crippen LogP contribution in [0.2, 0.25) is 0 Å². The third-order valence-electron chi connectivity index (χ3n) is 4.94. The molecule has 0 aliphatic heterocycles. The first kappa shape index (κ1) is 26.1. The van der Waals surface area contributed by atoms with E-state index in [4.69, 9.17) is 9.84 Å². The van der Waals surface area contributed by atoms with Crippen molar-refractivity contribution in [2.24, 2.45) is 0 Å². The van der Waals surface area contributed by atoms with Crippen LogP contribution in [0.4, 0.5) is 0 Å². The van der Waals surface area contributed by atoms with Crippen LogP contribution in [0, 0.1) is 0 Å². The minimum Gasteiger partial charge on any atom is -0.507 e. The summed E-state index contributed by atoms with van der Waals surface area (Å²) in [6, 6.07) is 10.9. The van der Waals surface area contributed by atoms with Crippen molar-refractivity contribution >= 4 is 46.6 Å². The third kappa shape index (κ3) is 6.97. The van der Waals surface area contributed by atoms with Gasteiger partial charge in [0.1, 0.15) is 11.5 Å². The van der Waals surface area contributed by atoms with Crippen LogP contribution in [-0.2, 0) is 22.7 Å². The summed E-state index contributed by atoms with van der Waals surface area (Å²) < 4.78 is 7.04. The molecule has 1 heterocycles. The third-order valence-corrected chi connectivity index (χ3v) is 8.25. The number of aliphatic carboxylic acids is 1. The number of Topliss-reactive ketones (excluding diaryl/α,β-unsaturated/α-hetero) is 1. The highest BCUT2D eigenvalue weighted by atomic mass is 32.2. The summed E-state index contributed by atoms with van der Waals surface area (Å²) in [5, 5.41) is 28.0. The smallest absolute Gasteiger partial charge is 0.344 e. The maximum Gasteiger partial charge on any atom is 0.344 e. The van der Waals surface area contributed by atoms with Gasteiger partial charge in [-0.1, -0.05) is 66.4 Å². The first-order valence-electron chi connectivity index (χ1n) is 10.7. The van der Waals surface area contributed by atoms with E-state index in [0.29, 0.717) is 29.2 Å². The van der Waals surface area contributed by atoms with Crippen molar-refractivity contribution in [1.82, 2.24) is 10.2 Å². The molecule has 0 spiro atoms. The zero-order valence-electron chi connectivity index (χ0n) is 19.1. The second-order valence-corrected chi connectivity index (χ2v) is 11.0. The van der Waals surface area contributed by atoms with E-state index in [1.54, 1.807) is 41.7 Å². The number of hydrogen-bond acceptors (Lipinski definition) is 9. The van der Waals surface area contributed by atoms with Crippen LogP contribution in [0.5, 0.6) is 11.5 Å². The first-order chi connectivity index (χ1) is 16.3. The highest BCUT2D eigenvalue weighted by Crippen LogP contribution is 2.35. The van der Waals surface area contributed by atoms with Crippen molar-refractivity contribution < 1.29 is 24.5 Å². The van der Waals surface area contributed by atoms with E-state index in [9.17, 15) is 14.7 Å². The Morgan fingerprint density at radius 3 is 2.29 bits per heavy atom. The molecule has 1 aromatic heterocycles. The van der Waals surface area contributed by atoms with Gasteiger partial charge in [0.15, 0.2) is 20.6 Å². The molecule has 1 atom stereocenters. The largest absolute Gasteiger partial charge is 0.507 e. The quantitative estimate of drug-likeness (QED) is 0.226. The summed E-state index contributed by atoms with van der Waals surface area (Å²) in [5.74, 6) is 0.803. The maximum absolute atomic E-state index is 11.8. The van der Waals surface area contributed by atoms with Crippen LogP contribution in [0.3, 0.4) is 0 Å². The van der Waals surface area contributed by atoms with Gasteiger partial charge in [0.05, 0.1) is 5.56 Å². The van der Waals surface area contributed by atoms with Crippen LogP contribution in [0.15, 0.2) is 45.1 Å². The van der Waals surface area contributed by atoms with Crippen molar-refractivity contribution in [3.63, 3.8) is 0 Å². The van der Waals surface area contributed by atoms with E-state index in [1.165, 1.54) is 25.2 Å². The normalized spacial score (nSPS) is 11.9. The van der Waals surface area contributed by atoms with Gasteiger partial charge in [-0.3, -0.25) is 4.79 Å². The van der Waals surface area contributed by atoms with Gasteiger partial charge < -0.3 is 14.9 Å². The Labute approximate surface area is 211 Å². The van der Waals surface area contributed by atoms with Gasteiger partial charge in [-0.05, 0) is 55.2 Å². The molecule has 2 N–H and O–H groups in total. The minimum absolute atomic E-state index is 0.0924. The zero-order chi connectivity index (χ0) is 24.7. The average Bonchev–Trinajstić information content (AvgIpc) is 3.26. The van der Waals surface area contributed by atoms with Gasteiger partial charge in [-0.2, -0.15) is 0 Å². The van der Waals surface area contributed by atoms with Crippen LogP contribution in [-0.4, -0.2) is 38.3 Å². The number of benzene rings is 2. The van der Waals surface area contributed by atoms with E-state index in [2.05, 4.69) is 10.2 Å². The van der Waals surface area contributed by atoms with E-state index < -0.39 is 12.1 Å². The molecule has 0 bridgehead atoms. The van der Waals surface area contributed by atoms with E-state index >= 15 is 0 Å². The van der Waals surface area contributed by atoms with Crippen molar-refractivity contribution in [1.29, 1.82) is 0 Å². The SMILES string of the molecule is CCCc1c(CSc2nnc(SCc3ccc(OC(C)C(=O)O)cc3)s2)ccc(C(C)=O)c1O. The number of carbonyl (C=O) groups is 2. The van der Waals surface area contributed by atoms with Crippen molar-refractivity contribution in [2.75, 3.05) is 0 Å².